The van der Waals surface area contributed by atoms with Crippen molar-refractivity contribution < 1.29 is 54.5 Å². The quantitative estimate of drug-likeness (QED) is 0.338. The first kappa shape index (κ1) is 27.3. The lowest BCUT2D eigenvalue weighted by Crippen LogP contribution is -2.52. The lowest BCUT2D eigenvalue weighted by Gasteiger charge is -2.31. The number of halogens is 7. The molecule has 3 amide bonds. The van der Waals surface area contributed by atoms with Crippen molar-refractivity contribution in [2.75, 3.05) is 17.7 Å². The summed E-state index contributed by atoms with van der Waals surface area (Å²) in [5, 5.41) is 6.39. The Balaban J connectivity index is 1.51. The molecule has 2 aromatic carbocycles. The van der Waals surface area contributed by atoms with E-state index in [1.807, 2.05) is 5.32 Å². The van der Waals surface area contributed by atoms with Gasteiger partial charge in [-0.05, 0) is 36.4 Å². The molecule has 3 N–H and O–H groups in total. The molecule has 0 spiro atoms. The minimum atomic E-state index is -5.01. The van der Waals surface area contributed by atoms with Crippen molar-refractivity contribution in [3.8, 4) is 23.0 Å². The number of hydrogen-bond donors (Lipinski definition) is 3. The van der Waals surface area contributed by atoms with E-state index in [1.165, 1.54) is 25.4 Å². The molecule has 1 aliphatic rings. The number of ether oxygens (including phenoxy) is 3. The second-order valence-corrected chi connectivity index (χ2v) is 7.74. The first-order valence-corrected chi connectivity index (χ1v) is 10.6. The number of alkyl halides is 7. The van der Waals surface area contributed by atoms with Crippen LogP contribution in [0.1, 0.15) is 16.1 Å². The molecule has 3 aromatic rings. The van der Waals surface area contributed by atoms with E-state index in [4.69, 9.17) is 4.74 Å². The van der Waals surface area contributed by atoms with E-state index in [1.54, 1.807) is 0 Å². The normalized spacial score (nSPS) is 15.2. The van der Waals surface area contributed by atoms with Crippen LogP contribution in [0.2, 0.25) is 0 Å². The Hall–Kier alpha value is -4.76. The molecule has 16 heteroatoms. The van der Waals surface area contributed by atoms with Crippen molar-refractivity contribution in [2.45, 2.75) is 18.4 Å². The molecule has 0 radical (unpaired) electrons. The molecular formula is C23H15F7N4O5. The monoisotopic (exact) mass is 560 g/mol. The van der Waals surface area contributed by atoms with Crippen LogP contribution in [0.25, 0.3) is 0 Å². The molecule has 39 heavy (non-hydrogen) atoms. The van der Waals surface area contributed by atoms with E-state index >= 15 is 0 Å². The van der Waals surface area contributed by atoms with Crippen molar-refractivity contribution in [3.63, 3.8) is 0 Å². The average Bonchev–Trinajstić information content (AvgIpc) is 2.84. The Morgan fingerprint density at radius 3 is 2.21 bits per heavy atom. The number of nitrogens with zero attached hydrogens (tertiary/aromatic N) is 1. The number of fused-ring (bicyclic) bond motifs is 1. The molecule has 0 fully saturated rings. The Kier molecular flexibility index (Phi) is 6.89. The summed E-state index contributed by atoms with van der Waals surface area (Å²) in [5.74, 6) is -2.41. The number of nitrogens with one attached hydrogen (secondary N) is 3. The number of amides is 3. The fourth-order valence-corrected chi connectivity index (χ4v) is 3.22. The number of rotatable bonds is 5. The predicted octanol–water partition coefficient (Wildman–Crippen LogP) is 5.85. The zero-order chi connectivity index (χ0) is 28.6. The van der Waals surface area contributed by atoms with Crippen molar-refractivity contribution in [2.24, 2.45) is 0 Å². The van der Waals surface area contributed by atoms with E-state index in [2.05, 4.69) is 25.1 Å². The third-order valence-corrected chi connectivity index (χ3v) is 4.99. The van der Waals surface area contributed by atoms with Gasteiger partial charge >= 0.3 is 24.4 Å². The molecule has 0 aliphatic carbocycles. The van der Waals surface area contributed by atoms with Crippen molar-refractivity contribution in [1.29, 1.82) is 0 Å². The van der Waals surface area contributed by atoms with E-state index < -0.39 is 53.1 Å². The van der Waals surface area contributed by atoms with Crippen LogP contribution >= 0.6 is 0 Å². The molecular weight excluding hydrogens is 545 g/mol. The van der Waals surface area contributed by atoms with Gasteiger partial charge in [-0.15, -0.1) is 0 Å². The molecule has 0 atom stereocenters. The number of carbonyl (C=O) groups is 2. The fourth-order valence-electron chi connectivity index (χ4n) is 3.22. The summed E-state index contributed by atoms with van der Waals surface area (Å²) < 4.78 is 108. The number of pyridine rings is 1. The Labute approximate surface area is 213 Å². The number of carbonyl (C=O) groups excluding carboxylic acids is 2. The summed E-state index contributed by atoms with van der Waals surface area (Å²) >= 11 is 0. The van der Waals surface area contributed by atoms with Crippen molar-refractivity contribution in [3.05, 3.63) is 66.0 Å². The van der Waals surface area contributed by atoms with Gasteiger partial charge in [0.25, 0.3) is 5.91 Å². The van der Waals surface area contributed by atoms with Gasteiger partial charge in [0.15, 0.2) is 11.5 Å². The maximum Gasteiger partial charge on any atom is 0.507 e. The Morgan fingerprint density at radius 1 is 0.872 bits per heavy atom. The van der Waals surface area contributed by atoms with Gasteiger partial charge in [-0.25, -0.2) is 4.79 Å². The lowest BCUT2D eigenvalue weighted by atomic mass is 10.1. The van der Waals surface area contributed by atoms with Crippen LogP contribution in [0.4, 0.5) is 46.9 Å². The highest BCUT2D eigenvalue weighted by molar-refractivity contribution is 6.00. The molecule has 0 saturated heterocycles. The van der Waals surface area contributed by atoms with Crippen LogP contribution in [0.3, 0.4) is 0 Å². The summed E-state index contributed by atoms with van der Waals surface area (Å²) in [6.45, 7) is 0. The van der Waals surface area contributed by atoms with E-state index in [-0.39, 0.29) is 22.9 Å². The maximum atomic E-state index is 13.7. The molecule has 206 valence electrons. The summed E-state index contributed by atoms with van der Waals surface area (Å²) in [4.78, 5) is 27.9. The molecule has 0 saturated carbocycles. The first-order chi connectivity index (χ1) is 18.2. The summed E-state index contributed by atoms with van der Waals surface area (Å²) in [7, 11) is 1.36. The second-order valence-electron chi connectivity index (χ2n) is 7.74. The van der Waals surface area contributed by atoms with Crippen molar-refractivity contribution >= 4 is 23.3 Å². The van der Waals surface area contributed by atoms with E-state index in [0.29, 0.717) is 6.07 Å². The van der Waals surface area contributed by atoms with Gasteiger partial charge in [-0.1, -0.05) is 0 Å². The number of aromatic nitrogens is 1. The topological polar surface area (TPSA) is 111 Å². The number of hydrogen-bond acceptors (Lipinski definition) is 6. The highest BCUT2D eigenvalue weighted by Gasteiger charge is 2.65. The minimum absolute atomic E-state index is 0.0112. The maximum absolute atomic E-state index is 13.7. The van der Waals surface area contributed by atoms with Gasteiger partial charge in [-0.3, -0.25) is 9.78 Å². The first-order valence-electron chi connectivity index (χ1n) is 10.6. The zero-order valence-corrected chi connectivity index (χ0v) is 19.3. The Morgan fingerprint density at radius 2 is 1.54 bits per heavy atom. The van der Waals surface area contributed by atoms with Gasteiger partial charge in [0.05, 0.1) is 11.3 Å². The van der Waals surface area contributed by atoms with Gasteiger partial charge in [0, 0.05) is 31.1 Å². The number of urea groups is 1. The van der Waals surface area contributed by atoms with Crippen LogP contribution in [0, 0.1) is 0 Å². The SMILES string of the molecule is CNC(=O)c1cc(Oc2ccc(NC(=O)Nc3ccc4c(c3)OC(F)(F)C(F)(F)O4)c(C(F)(F)F)c2)ccn1. The molecule has 9 nitrogen and oxygen atoms in total. The van der Waals surface area contributed by atoms with Crippen molar-refractivity contribution in [1.82, 2.24) is 10.3 Å². The third kappa shape index (κ3) is 5.89. The molecule has 1 aromatic heterocycles. The summed E-state index contributed by atoms with van der Waals surface area (Å²) in [5.41, 5.74) is -2.33. The van der Waals surface area contributed by atoms with Crippen LogP contribution < -0.4 is 30.2 Å². The number of benzene rings is 2. The average molecular weight is 560 g/mol. The van der Waals surface area contributed by atoms with Crippen LogP contribution in [0.15, 0.2) is 54.7 Å². The molecule has 2 heterocycles. The van der Waals surface area contributed by atoms with E-state index in [0.717, 1.165) is 30.3 Å². The number of anilines is 2. The van der Waals surface area contributed by atoms with Gasteiger partial charge < -0.3 is 30.2 Å². The van der Waals surface area contributed by atoms with Crippen LogP contribution in [-0.2, 0) is 6.18 Å². The third-order valence-electron chi connectivity index (χ3n) is 4.99. The second kappa shape index (κ2) is 9.85. The zero-order valence-electron chi connectivity index (χ0n) is 19.3. The standard InChI is InChI=1S/C23H15F7N4O5/c1-31-19(35)16-10-13(6-7-32-16)37-12-3-4-15(14(9-12)21(24,25)26)34-20(36)33-11-2-5-17-18(8-11)39-23(29,30)22(27,28)38-17/h2-10H,1H3,(H,31,35)(H2,33,34,36). The highest BCUT2D eigenvalue weighted by Crippen LogP contribution is 2.47. The predicted molar refractivity (Wildman–Crippen MR) is 119 cm³/mol. The lowest BCUT2D eigenvalue weighted by molar-refractivity contribution is -0.391. The van der Waals surface area contributed by atoms with Gasteiger partial charge in [-0.2, -0.15) is 30.7 Å². The molecule has 0 unspecified atom stereocenters. The summed E-state index contributed by atoms with van der Waals surface area (Å²) in [6.07, 6.45) is -13.7. The largest absolute Gasteiger partial charge is 0.507 e. The van der Waals surface area contributed by atoms with Crippen LogP contribution in [-0.4, -0.2) is 36.2 Å². The van der Waals surface area contributed by atoms with Gasteiger partial charge in [0.1, 0.15) is 17.2 Å². The minimum Gasteiger partial charge on any atom is -0.457 e. The smallest absolute Gasteiger partial charge is 0.457 e. The molecule has 4 rings (SSSR count). The van der Waals surface area contributed by atoms with Crippen LogP contribution in [0.5, 0.6) is 23.0 Å². The summed E-state index contributed by atoms with van der Waals surface area (Å²) in [6, 6.07) is 6.39. The highest BCUT2D eigenvalue weighted by atomic mass is 19.4. The fraction of sp³-hybridized carbons (Fsp3) is 0.174. The van der Waals surface area contributed by atoms with Gasteiger partial charge in [0.2, 0.25) is 0 Å². The molecule has 0 bridgehead atoms. The molecule has 1 aliphatic heterocycles. The van der Waals surface area contributed by atoms with E-state index in [9.17, 15) is 40.3 Å². The Bertz CT molecular complexity index is 1430.